The van der Waals surface area contributed by atoms with E-state index in [4.69, 9.17) is 15.3 Å². The van der Waals surface area contributed by atoms with Gasteiger partial charge in [0.05, 0.1) is 11.5 Å². The van der Waals surface area contributed by atoms with Crippen LogP contribution in [-0.2, 0) is 23.5 Å². The number of nitro benzene ring substituents is 1. The lowest BCUT2D eigenvalue weighted by Crippen LogP contribution is -2.15. The molecule has 162 valence electrons. The van der Waals surface area contributed by atoms with E-state index in [0.717, 1.165) is 16.3 Å². The van der Waals surface area contributed by atoms with E-state index in [-0.39, 0.29) is 19.1 Å². The van der Waals surface area contributed by atoms with Crippen molar-refractivity contribution in [1.82, 2.24) is 14.9 Å². The summed E-state index contributed by atoms with van der Waals surface area (Å²) >= 11 is 1.35. The van der Waals surface area contributed by atoms with Gasteiger partial charge in [0.1, 0.15) is 5.75 Å². The minimum atomic E-state index is -0.420. The normalized spacial score (nSPS) is 13.0. The van der Waals surface area contributed by atoms with E-state index in [2.05, 4.69) is 34.5 Å². The second kappa shape index (κ2) is 8.48. The highest BCUT2D eigenvalue weighted by Crippen LogP contribution is 2.36. The first-order valence-corrected chi connectivity index (χ1v) is 10.9. The number of thioether (sulfide) groups is 1. The molecule has 0 unspecified atom stereocenters. The number of nitrogens with zero attached hydrogens (tertiary/aromatic N) is 4. The van der Waals surface area contributed by atoms with E-state index in [1.807, 2.05) is 18.2 Å². The van der Waals surface area contributed by atoms with E-state index in [1.54, 1.807) is 0 Å². The van der Waals surface area contributed by atoms with Crippen molar-refractivity contribution < 1.29 is 14.4 Å². The molecule has 3 aromatic carbocycles. The molecule has 4 aromatic rings. The summed E-state index contributed by atoms with van der Waals surface area (Å²) in [6.07, 6.45) is 0.540. The van der Waals surface area contributed by atoms with Crippen LogP contribution in [0.25, 0.3) is 10.8 Å². The number of nitrogen functional groups attached to an aromatic ring is 1. The van der Waals surface area contributed by atoms with Gasteiger partial charge in [-0.05, 0) is 16.3 Å². The minimum absolute atomic E-state index is 0.000639. The largest absolute Gasteiger partial charge is 0.467 e. The van der Waals surface area contributed by atoms with Crippen molar-refractivity contribution in [2.24, 2.45) is 0 Å². The van der Waals surface area contributed by atoms with Crippen LogP contribution in [0.3, 0.4) is 0 Å². The van der Waals surface area contributed by atoms with Crippen LogP contribution >= 0.6 is 11.8 Å². The highest BCUT2D eigenvalue weighted by Gasteiger charge is 2.22. The molecule has 9 nitrogen and oxygen atoms in total. The molecule has 0 saturated heterocycles. The molecule has 1 aromatic heterocycles. The summed E-state index contributed by atoms with van der Waals surface area (Å²) in [5.74, 6) is 7.94. The van der Waals surface area contributed by atoms with Crippen LogP contribution in [0.4, 0.5) is 5.69 Å². The summed E-state index contributed by atoms with van der Waals surface area (Å²) < 4.78 is 12.3. The zero-order valence-corrected chi connectivity index (χ0v) is 17.7. The zero-order valence-electron chi connectivity index (χ0n) is 16.9. The number of hydrogen-bond acceptors (Lipinski definition) is 8. The maximum atomic E-state index is 11.3. The van der Waals surface area contributed by atoms with E-state index >= 15 is 0 Å². The van der Waals surface area contributed by atoms with Crippen molar-refractivity contribution in [2.45, 2.75) is 23.9 Å². The third-order valence-electron chi connectivity index (χ3n) is 5.30. The maximum Gasteiger partial charge on any atom is 0.270 e. The van der Waals surface area contributed by atoms with Crippen LogP contribution in [0.1, 0.15) is 22.5 Å². The Hall–Kier alpha value is -3.63. The molecule has 0 bridgehead atoms. The molecule has 10 heteroatoms. The maximum absolute atomic E-state index is 11.3. The Morgan fingerprint density at radius 1 is 1.12 bits per heavy atom. The number of aromatic nitrogens is 3. The van der Waals surface area contributed by atoms with Gasteiger partial charge in [0.25, 0.3) is 5.69 Å². The third-order valence-corrected chi connectivity index (χ3v) is 6.29. The summed E-state index contributed by atoms with van der Waals surface area (Å²) in [6.45, 7) is 0.391. The minimum Gasteiger partial charge on any atom is -0.467 e. The molecule has 1 aliphatic rings. The summed E-state index contributed by atoms with van der Waals surface area (Å²) in [5, 5.41) is 22.6. The van der Waals surface area contributed by atoms with Crippen LogP contribution in [0, 0.1) is 10.1 Å². The molecule has 5 rings (SSSR count). The Kier molecular flexibility index (Phi) is 5.38. The lowest BCUT2D eigenvalue weighted by Gasteiger charge is -2.20. The van der Waals surface area contributed by atoms with Gasteiger partial charge >= 0.3 is 0 Å². The van der Waals surface area contributed by atoms with Gasteiger partial charge in [0.15, 0.2) is 12.6 Å². The number of fused-ring (bicyclic) bond motifs is 2. The average Bonchev–Trinajstić information content (AvgIpc) is 3.16. The molecule has 2 heterocycles. The SMILES string of the molecule is Nn1c(Cc2cccc3ccccc23)nnc1SCc1cc([N+](=O)[O-])cc2c1OCOC2. The van der Waals surface area contributed by atoms with Crippen LogP contribution < -0.4 is 10.6 Å². The van der Waals surface area contributed by atoms with Crippen molar-refractivity contribution in [3.8, 4) is 5.75 Å². The van der Waals surface area contributed by atoms with Gasteiger partial charge in [0.2, 0.25) is 5.16 Å². The Morgan fingerprint density at radius 3 is 2.84 bits per heavy atom. The van der Waals surface area contributed by atoms with Crippen LogP contribution in [0.15, 0.2) is 59.8 Å². The quantitative estimate of drug-likeness (QED) is 0.204. The Labute approximate surface area is 187 Å². The molecule has 0 saturated carbocycles. The van der Waals surface area contributed by atoms with Crippen LogP contribution in [-0.4, -0.2) is 26.6 Å². The smallest absolute Gasteiger partial charge is 0.270 e. The molecule has 32 heavy (non-hydrogen) atoms. The first-order chi connectivity index (χ1) is 15.6. The molecule has 0 spiro atoms. The van der Waals surface area contributed by atoms with Crippen molar-refractivity contribution in [2.75, 3.05) is 12.6 Å². The summed E-state index contributed by atoms with van der Waals surface area (Å²) in [5.41, 5.74) is 2.47. The third kappa shape index (κ3) is 3.85. The molecule has 0 fully saturated rings. The molecule has 0 radical (unpaired) electrons. The van der Waals surface area contributed by atoms with Crippen LogP contribution in [0.5, 0.6) is 5.75 Å². The fourth-order valence-electron chi connectivity index (χ4n) is 3.78. The predicted molar refractivity (Wildman–Crippen MR) is 120 cm³/mol. The Balaban J connectivity index is 1.38. The fourth-order valence-corrected chi connectivity index (χ4v) is 4.62. The molecule has 2 N–H and O–H groups in total. The van der Waals surface area contributed by atoms with Gasteiger partial charge < -0.3 is 15.3 Å². The summed E-state index contributed by atoms with van der Waals surface area (Å²) in [6, 6.07) is 17.3. The zero-order chi connectivity index (χ0) is 22.1. The van der Waals surface area contributed by atoms with Crippen molar-refractivity contribution in [3.63, 3.8) is 0 Å². The second-order valence-corrected chi connectivity index (χ2v) is 8.28. The van der Waals surface area contributed by atoms with Gasteiger partial charge in [0, 0.05) is 35.4 Å². The Bertz CT molecular complexity index is 1320. The molecule has 0 aliphatic carbocycles. The fraction of sp³-hybridized carbons (Fsp3) is 0.182. The van der Waals surface area contributed by atoms with Gasteiger partial charge in [-0.25, -0.2) is 4.68 Å². The molecule has 0 atom stereocenters. The van der Waals surface area contributed by atoms with Crippen LogP contribution in [0.2, 0.25) is 0 Å². The summed E-state index contributed by atoms with van der Waals surface area (Å²) in [7, 11) is 0. The molecule has 1 aliphatic heterocycles. The number of benzene rings is 3. The van der Waals surface area contributed by atoms with Gasteiger partial charge in [-0.3, -0.25) is 10.1 Å². The standard InChI is InChI=1S/C22H19N5O4S/c23-26-20(10-15-6-3-5-14-4-1-2-7-19(14)15)24-25-22(26)32-12-17-9-18(27(28)29)8-16-11-30-13-31-21(16)17/h1-9H,10-13,23H2. The lowest BCUT2D eigenvalue weighted by atomic mass is 10.0. The first-order valence-electron chi connectivity index (χ1n) is 9.89. The average molecular weight is 449 g/mol. The number of non-ortho nitro benzene ring substituents is 1. The van der Waals surface area contributed by atoms with E-state index in [9.17, 15) is 10.1 Å². The molecular formula is C22H19N5O4S. The molecule has 0 amide bonds. The van der Waals surface area contributed by atoms with E-state index in [1.165, 1.54) is 28.6 Å². The predicted octanol–water partition coefficient (Wildman–Crippen LogP) is 3.80. The number of ether oxygens (including phenoxy) is 2. The van der Waals surface area contributed by atoms with Gasteiger partial charge in [-0.15, -0.1) is 10.2 Å². The van der Waals surface area contributed by atoms with Crippen molar-refractivity contribution in [3.05, 3.63) is 87.2 Å². The first kappa shape index (κ1) is 20.3. The topological polar surface area (TPSA) is 118 Å². The highest BCUT2D eigenvalue weighted by atomic mass is 32.2. The number of nitro groups is 1. The highest BCUT2D eigenvalue weighted by molar-refractivity contribution is 7.98. The molecular weight excluding hydrogens is 430 g/mol. The van der Waals surface area contributed by atoms with Gasteiger partial charge in [-0.1, -0.05) is 54.2 Å². The second-order valence-electron chi connectivity index (χ2n) is 7.33. The number of rotatable bonds is 6. The monoisotopic (exact) mass is 449 g/mol. The van der Waals surface area contributed by atoms with Crippen molar-refractivity contribution >= 4 is 28.2 Å². The lowest BCUT2D eigenvalue weighted by molar-refractivity contribution is -0.385. The van der Waals surface area contributed by atoms with Crippen molar-refractivity contribution in [1.29, 1.82) is 0 Å². The Morgan fingerprint density at radius 2 is 1.97 bits per heavy atom. The number of hydrogen-bond donors (Lipinski definition) is 1. The number of nitrogens with two attached hydrogens (primary N) is 1. The van der Waals surface area contributed by atoms with Gasteiger partial charge in [-0.2, -0.15) is 0 Å². The van der Waals surface area contributed by atoms with E-state index in [0.29, 0.717) is 40.0 Å². The summed E-state index contributed by atoms with van der Waals surface area (Å²) in [4.78, 5) is 10.9. The van der Waals surface area contributed by atoms with E-state index < -0.39 is 4.92 Å².